The fraction of sp³-hybridized carbons (Fsp3) is 0.389. The maximum atomic E-state index is 11.1. The van der Waals surface area contributed by atoms with Crippen LogP contribution in [0.2, 0.25) is 5.02 Å². The molecule has 1 atom stereocenters. The van der Waals surface area contributed by atoms with Crippen LogP contribution in [0.5, 0.6) is 17.2 Å². The first kappa shape index (κ1) is 18.4. The average molecular weight is 352 g/mol. The van der Waals surface area contributed by atoms with Crippen LogP contribution in [0.25, 0.3) is 0 Å². The number of ether oxygens (including phenoxy) is 3. The van der Waals surface area contributed by atoms with Crippen molar-refractivity contribution in [1.82, 2.24) is 4.98 Å². The van der Waals surface area contributed by atoms with Gasteiger partial charge in [0, 0.05) is 23.0 Å². The second kappa shape index (κ2) is 7.28. The summed E-state index contributed by atoms with van der Waals surface area (Å²) in [7, 11) is 4.62. The lowest BCUT2D eigenvalue weighted by molar-refractivity contribution is 0.209. The molecular weight excluding hydrogens is 330 g/mol. The quantitative estimate of drug-likeness (QED) is 0.888. The number of aliphatic hydroxyl groups excluding tert-OH is 1. The molecule has 5 nitrogen and oxygen atoms in total. The summed E-state index contributed by atoms with van der Waals surface area (Å²) in [5.41, 5.74) is 3.57. The van der Waals surface area contributed by atoms with Crippen LogP contribution in [0.1, 0.15) is 34.1 Å². The van der Waals surface area contributed by atoms with Crippen molar-refractivity contribution in [3.8, 4) is 17.2 Å². The Labute approximate surface area is 147 Å². The minimum absolute atomic E-state index is 0.431. The highest BCUT2D eigenvalue weighted by Gasteiger charge is 2.27. The van der Waals surface area contributed by atoms with Gasteiger partial charge in [-0.05, 0) is 38.0 Å². The van der Waals surface area contributed by atoms with Gasteiger partial charge in [0.05, 0.1) is 26.4 Å². The normalized spacial score (nSPS) is 12.0. The molecule has 0 aliphatic rings. The summed E-state index contributed by atoms with van der Waals surface area (Å²) in [5.74, 6) is 1.41. The lowest BCUT2D eigenvalue weighted by Crippen LogP contribution is -2.11. The summed E-state index contributed by atoms with van der Waals surface area (Å²) in [6, 6.07) is 1.81. The zero-order valence-electron chi connectivity index (χ0n) is 14.7. The Hall–Kier alpha value is -1.98. The topological polar surface area (TPSA) is 60.8 Å². The number of halogens is 1. The predicted molar refractivity (Wildman–Crippen MR) is 93.6 cm³/mol. The van der Waals surface area contributed by atoms with Crippen LogP contribution in [-0.4, -0.2) is 31.4 Å². The molecule has 1 aromatic heterocycles. The van der Waals surface area contributed by atoms with E-state index in [1.807, 2.05) is 26.8 Å². The van der Waals surface area contributed by atoms with Crippen molar-refractivity contribution in [3.05, 3.63) is 45.2 Å². The van der Waals surface area contributed by atoms with Gasteiger partial charge in [0.15, 0.2) is 11.5 Å². The van der Waals surface area contributed by atoms with Gasteiger partial charge in [-0.1, -0.05) is 11.6 Å². The monoisotopic (exact) mass is 351 g/mol. The molecule has 0 saturated heterocycles. The summed E-state index contributed by atoms with van der Waals surface area (Å²) >= 11 is 6.19. The Balaban J connectivity index is 2.75. The molecule has 130 valence electrons. The van der Waals surface area contributed by atoms with Crippen LogP contribution in [0.15, 0.2) is 12.3 Å². The average Bonchev–Trinajstić information content (AvgIpc) is 2.56. The highest BCUT2D eigenvalue weighted by molar-refractivity contribution is 6.31. The highest BCUT2D eigenvalue weighted by Crippen LogP contribution is 2.46. The molecule has 1 aromatic carbocycles. The van der Waals surface area contributed by atoms with Crippen LogP contribution in [-0.2, 0) is 0 Å². The van der Waals surface area contributed by atoms with Gasteiger partial charge in [0.25, 0.3) is 0 Å². The fourth-order valence-electron chi connectivity index (χ4n) is 2.91. The Morgan fingerprint density at radius 2 is 1.62 bits per heavy atom. The molecule has 0 saturated carbocycles. The van der Waals surface area contributed by atoms with Crippen LogP contribution in [0.4, 0.5) is 0 Å². The van der Waals surface area contributed by atoms with E-state index in [1.54, 1.807) is 13.3 Å². The maximum Gasteiger partial charge on any atom is 0.203 e. The minimum Gasteiger partial charge on any atom is -0.493 e. The smallest absolute Gasteiger partial charge is 0.203 e. The zero-order chi connectivity index (χ0) is 18.0. The molecule has 0 aliphatic carbocycles. The van der Waals surface area contributed by atoms with Crippen LogP contribution in [0.3, 0.4) is 0 Å². The number of hydrogen-bond acceptors (Lipinski definition) is 5. The van der Waals surface area contributed by atoms with E-state index >= 15 is 0 Å². The molecule has 0 fully saturated rings. The Bertz CT molecular complexity index is 761. The largest absolute Gasteiger partial charge is 0.493 e. The molecule has 0 bridgehead atoms. The van der Waals surface area contributed by atoms with Gasteiger partial charge in [0.2, 0.25) is 5.75 Å². The molecule has 1 unspecified atom stereocenters. The third kappa shape index (κ3) is 3.01. The summed E-state index contributed by atoms with van der Waals surface area (Å²) in [4.78, 5) is 4.26. The van der Waals surface area contributed by atoms with Crippen molar-refractivity contribution in [2.24, 2.45) is 0 Å². The van der Waals surface area contributed by atoms with E-state index in [2.05, 4.69) is 4.98 Å². The van der Waals surface area contributed by atoms with Crippen LogP contribution >= 0.6 is 11.6 Å². The van der Waals surface area contributed by atoms with Gasteiger partial charge in [-0.3, -0.25) is 4.98 Å². The van der Waals surface area contributed by atoms with Gasteiger partial charge < -0.3 is 19.3 Å². The number of nitrogens with zero attached hydrogens (tertiary/aromatic N) is 1. The van der Waals surface area contributed by atoms with E-state index in [0.29, 0.717) is 39.1 Å². The first-order valence-corrected chi connectivity index (χ1v) is 7.84. The summed E-state index contributed by atoms with van der Waals surface area (Å²) in [6.07, 6.45) is 0.632. The number of pyridine rings is 1. The van der Waals surface area contributed by atoms with Crippen molar-refractivity contribution in [3.63, 3.8) is 0 Å². The molecular formula is C18H22ClNO4. The number of aryl methyl sites for hydroxylation is 2. The van der Waals surface area contributed by atoms with E-state index in [1.165, 1.54) is 14.2 Å². The number of hydrogen-bond donors (Lipinski definition) is 1. The van der Waals surface area contributed by atoms with Crippen LogP contribution in [0, 0.1) is 20.8 Å². The highest BCUT2D eigenvalue weighted by atomic mass is 35.5. The molecule has 2 rings (SSSR count). The summed E-state index contributed by atoms with van der Waals surface area (Å²) < 4.78 is 16.3. The number of rotatable bonds is 5. The molecule has 1 N–H and O–H groups in total. The standard InChI is InChI=1S/C18H22ClNO4/c1-9-7-13(22-4)17(23-5)18(24-6)14(9)16(21)15-10(2)12(19)8-20-11(15)3/h7-8,16,21H,1-6H3. The van der Waals surface area contributed by atoms with E-state index < -0.39 is 6.10 Å². The maximum absolute atomic E-state index is 11.1. The van der Waals surface area contributed by atoms with Gasteiger partial charge in [0.1, 0.15) is 6.10 Å². The molecule has 0 amide bonds. The fourth-order valence-corrected chi connectivity index (χ4v) is 3.06. The lowest BCUT2D eigenvalue weighted by atomic mass is 9.92. The first-order valence-electron chi connectivity index (χ1n) is 7.46. The van der Waals surface area contributed by atoms with Gasteiger partial charge in [-0.2, -0.15) is 0 Å². The molecule has 0 spiro atoms. The molecule has 0 radical (unpaired) electrons. The lowest BCUT2D eigenvalue weighted by Gasteiger charge is -2.23. The van der Waals surface area contributed by atoms with Crippen molar-refractivity contribution in [2.45, 2.75) is 26.9 Å². The molecule has 24 heavy (non-hydrogen) atoms. The van der Waals surface area contributed by atoms with E-state index in [4.69, 9.17) is 25.8 Å². The predicted octanol–water partition coefficient (Wildman–Crippen LogP) is 3.77. The molecule has 2 aromatic rings. The Morgan fingerprint density at radius 3 is 2.17 bits per heavy atom. The van der Waals surface area contributed by atoms with Crippen molar-refractivity contribution in [1.29, 1.82) is 0 Å². The number of aromatic nitrogens is 1. The Kier molecular flexibility index (Phi) is 5.57. The van der Waals surface area contributed by atoms with E-state index in [-0.39, 0.29) is 0 Å². The first-order chi connectivity index (χ1) is 11.4. The Morgan fingerprint density at radius 1 is 1.00 bits per heavy atom. The number of methoxy groups -OCH3 is 3. The van der Waals surface area contributed by atoms with E-state index in [9.17, 15) is 5.11 Å². The van der Waals surface area contributed by atoms with Crippen molar-refractivity contribution < 1.29 is 19.3 Å². The molecule has 1 heterocycles. The molecule has 0 aliphatic heterocycles. The number of aliphatic hydroxyl groups is 1. The summed E-state index contributed by atoms with van der Waals surface area (Å²) in [6.45, 7) is 5.58. The second-order valence-corrected chi connectivity index (χ2v) is 5.92. The van der Waals surface area contributed by atoms with Crippen molar-refractivity contribution in [2.75, 3.05) is 21.3 Å². The molecule has 6 heteroatoms. The third-order valence-electron chi connectivity index (χ3n) is 4.15. The zero-order valence-corrected chi connectivity index (χ0v) is 15.5. The SMILES string of the molecule is COc1cc(C)c(C(O)c2c(C)ncc(Cl)c2C)c(OC)c1OC. The van der Waals surface area contributed by atoms with Gasteiger partial charge >= 0.3 is 0 Å². The minimum atomic E-state index is -0.953. The van der Waals surface area contributed by atoms with Crippen molar-refractivity contribution >= 4 is 11.6 Å². The van der Waals surface area contributed by atoms with Crippen LogP contribution < -0.4 is 14.2 Å². The number of benzene rings is 1. The second-order valence-electron chi connectivity index (χ2n) is 5.51. The summed E-state index contributed by atoms with van der Waals surface area (Å²) in [5, 5.41) is 11.6. The van der Waals surface area contributed by atoms with Gasteiger partial charge in [-0.15, -0.1) is 0 Å². The van der Waals surface area contributed by atoms with Gasteiger partial charge in [-0.25, -0.2) is 0 Å². The van der Waals surface area contributed by atoms with E-state index in [0.717, 1.165) is 11.1 Å². The third-order valence-corrected chi connectivity index (χ3v) is 4.53.